The van der Waals surface area contributed by atoms with Crippen molar-refractivity contribution in [2.45, 2.75) is 38.3 Å². The molecule has 1 aromatic carbocycles. The molecule has 0 bridgehead atoms. The van der Waals surface area contributed by atoms with Gasteiger partial charge in [-0.05, 0) is 36.5 Å². The molecule has 5 nitrogen and oxygen atoms in total. The Morgan fingerprint density at radius 3 is 2.83 bits per heavy atom. The topological polar surface area (TPSA) is 70.6 Å². The molecule has 0 spiro atoms. The minimum atomic E-state index is -0.184. The number of hydrogen-bond donors (Lipinski definition) is 3. The van der Waals surface area contributed by atoms with E-state index in [1.165, 1.54) is 0 Å². The minimum absolute atomic E-state index is 0.0471. The molecule has 1 aliphatic rings. The van der Waals surface area contributed by atoms with Crippen molar-refractivity contribution in [3.63, 3.8) is 0 Å². The van der Waals surface area contributed by atoms with E-state index >= 15 is 0 Å². The molecule has 3 N–H and O–H groups in total. The highest BCUT2D eigenvalue weighted by atomic mass is 35.5. The molecule has 3 unspecified atom stereocenters. The summed E-state index contributed by atoms with van der Waals surface area (Å²) in [6, 6.07) is 7.29. The molecule has 0 aromatic heterocycles. The van der Waals surface area contributed by atoms with Crippen LogP contribution in [0.4, 0.5) is 4.79 Å². The number of benzene rings is 1. The normalized spacial score (nSPS) is 21.9. The summed E-state index contributed by atoms with van der Waals surface area (Å²) < 4.78 is 5.76. The number of aliphatic hydroxyl groups excluding tert-OH is 1. The molecule has 1 heterocycles. The largest absolute Gasteiger partial charge is 0.396 e. The molecule has 6 heteroatoms. The van der Waals surface area contributed by atoms with Gasteiger partial charge in [0, 0.05) is 24.8 Å². The summed E-state index contributed by atoms with van der Waals surface area (Å²) in [6.07, 6.45) is 2.28. The van der Waals surface area contributed by atoms with Crippen LogP contribution in [0.3, 0.4) is 0 Å². The van der Waals surface area contributed by atoms with Gasteiger partial charge < -0.3 is 20.5 Å². The molecule has 1 saturated heterocycles. The second-order valence-electron chi connectivity index (χ2n) is 5.88. The van der Waals surface area contributed by atoms with Gasteiger partial charge in [-0.3, -0.25) is 0 Å². The highest BCUT2D eigenvalue weighted by molar-refractivity contribution is 6.30. The molecule has 3 atom stereocenters. The lowest BCUT2D eigenvalue weighted by atomic mass is 10.0. The minimum Gasteiger partial charge on any atom is -0.396 e. The lowest BCUT2D eigenvalue weighted by Crippen LogP contribution is -2.44. The van der Waals surface area contributed by atoms with E-state index in [-0.39, 0.29) is 24.8 Å². The van der Waals surface area contributed by atoms with Gasteiger partial charge in [-0.15, -0.1) is 0 Å². The van der Waals surface area contributed by atoms with Gasteiger partial charge >= 0.3 is 6.03 Å². The van der Waals surface area contributed by atoms with Crippen molar-refractivity contribution in [1.82, 2.24) is 10.6 Å². The number of nitrogens with one attached hydrogen (secondary N) is 2. The van der Waals surface area contributed by atoms with Crippen LogP contribution in [0.25, 0.3) is 0 Å². The number of aliphatic hydroxyl groups is 1. The van der Waals surface area contributed by atoms with E-state index in [0.717, 1.165) is 18.4 Å². The fourth-order valence-electron chi connectivity index (χ4n) is 2.81. The average molecular weight is 341 g/mol. The van der Waals surface area contributed by atoms with E-state index in [1.807, 2.05) is 24.3 Å². The van der Waals surface area contributed by atoms with Gasteiger partial charge in [0.25, 0.3) is 0 Å². The summed E-state index contributed by atoms with van der Waals surface area (Å²) in [5.74, 6) is 0.303. The molecule has 1 aliphatic heterocycles. The van der Waals surface area contributed by atoms with Crippen LogP contribution in [-0.2, 0) is 4.74 Å². The van der Waals surface area contributed by atoms with E-state index in [9.17, 15) is 4.79 Å². The maximum Gasteiger partial charge on any atom is 0.315 e. The second-order valence-corrected chi connectivity index (χ2v) is 6.32. The SMILES string of the molecule is CCC(CCO)CNC(=O)NC1CCOC1c1ccc(Cl)cc1. The number of carbonyl (C=O) groups excluding carboxylic acids is 1. The average Bonchev–Trinajstić information content (AvgIpc) is 3.00. The summed E-state index contributed by atoms with van der Waals surface area (Å²) >= 11 is 5.91. The van der Waals surface area contributed by atoms with E-state index < -0.39 is 0 Å². The Labute approximate surface area is 142 Å². The van der Waals surface area contributed by atoms with Gasteiger partial charge in [-0.25, -0.2) is 4.79 Å². The van der Waals surface area contributed by atoms with Gasteiger partial charge in [-0.2, -0.15) is 0 Å². The van der Waals surface area contributed by atoms with Crippen molar-refractivity contribution in [2.24, 2.45) is 5.92 Å². The Bertz CT molecular complexity index is 495. The first kappa shape index (κ1) is 18.0. The lowest BCUT2D eigenvalue weighted by Gasteiger charge is -2.21. The molecule has 0 radical (unpaired) electrons. The molecule has 2 rings (SSSR count). The molecular weight excluding hydrogens is 316 g/mol. The van der Waals surface area contributed by atoms with Gasteiger partial charge in [-0.1, -0.05) is 37.1 Å². The van der Waals surface area contributed by atoms with E-state index in [2.05, 4.69) is 17.6 Å². The molecular formula is C17H25ClN2O3. The summed E-state index contributed by atoms with van der Waals surface area (Å²) in [4.78, 5) is 12.1. The molecule has 2 amide bonds. The summed E-state index contributed by atoms with van der Waals surface area (Å²) in [6.45, 7) is 3.40. The third kappa shape index (κ3) is 5.37. The number of amides is 2. The van der Waals surface area contributed by atoms with Crippen molar-refractivity contribution in [3.05, 3.63) is 34.9 Å². The monoisotopic (exact) mass is 340 g/mol. The fraction of sp³-hybridized carbons (Fsp3) is 0.588. The predicted molar refractivity (Wildman–Crippen MR) is 90.6 cm³/mol. The zero-order valence-electron chi connectivity index (χ0n) is 13.4. The summed E-state index contributed by atoms with van der Waals surface area (Å²) in [5.41, 5.74) is 1.02. The number of urea groups is 1. The van der Waals surface area contributed by atoms with Crippen LogP contribution in [0.1, 0.15) is 37.9 Å². The Hall–Kier alpha value is -1.30. The number of ether oxygens (including phenoxy) is 1. The van der Waals surface area contributed by atoms with E-state index in [4.69, 9.17) is 21.4 Å². The standard InChI is InChI=1S/C17H25ClN2O3/c1-2-12(7-9-21)11-19-17(22)20-15-8-10-23-16(15)13-3-5-14(18)6-4-13/h3-6,12,15-16,21H,2,7-11H2,1H3,(H2,19,20,22). The van der Waals surface area contributed by atoms with Crippen LogP contribution in [0.15, 0.2) is 24.3 Å². The van der Waals surface area contributed by atoms with Crippen molar-refractivity contribution in [3.8, 4) is 0 Å². The van der Waals surface area contributed by atoms with Gasteiger partial charge in [0.2, 0.25) is 0 Å². The first-order valence-electron chi connectivity index (χ1n) is 8.16. The summed E-state index contributed by atoms with van der Waals surface area (Å²) in [7, 11) is 0. The zero-order valence-corrected chi connectivity index (χ0v) is 14.2. The highest BCUT2D eigenvalue weighted by Gasteiger charge is 2.30. The third-order valence-corrected chi connectivity index (χ3v) is 4.52. The second kappa shape index (κ2) is 9.11. The third-order valence-electron chi connectivity index (χ3n) is 4.27. The molecule has 0 saturated carbocycles. The highest BCUT2D eigenvalue weighted by Crippen LogP contribution is 2.29. The van der Waals surface area contributed by atoms with Crippen molar-refractivity contribution in [1.29, 1.82) is 0 Å². The van der Waals surface area contributed by atoms with Crippen LogP contribution in [0, 0.1) is 5.92 Å². The quantitative estimate of drug-likeness (QED) is 0.714. The van der Waals surface area contributed by atoms with Crippen LogP contribution >= 0.6 is 11.6 Å². The van der Waals surface area contributed by atoms with Crippen LogP contribution in [0.2, 0.25) is 5.02 Å². The molecule has 23 heavy (non-hydrogen) atoms. The van der Waals surface area contributed by atoms with Crippen LogP contribution < -0.4 is 10.6 Å². The molecule has 1 fully saturated rings. The number of hydrogen-bond acceptors (Lipinski definition) is 3. The predicted octanol–water partition coefficient (Wildman–Crippen LogP) is 2.88. The van der Waals surface area contributed by atoms with Gasteiger partial charge in [0.1, 0.15) is 6.10 Å². The molecule has 0 aliphatic carbocycles. The van der Waals surface area contributed by atoms with Crippen molar-refractivity contribution < 1.29 is 14.6 Å². The molecule has 1 aromatic rings. The molecule has 128 valence electrons. The van der Waals surface area contributed by atoms with Gasteiger partial charge in [0.05, 0.1) is 6.04 Å². The first-order chi connectivity index (χ1) is 11.1. The van der Waals surface area contributed by atoms with Crippen LogP contribution in [-0.4, -0.2) is 36.9 Å². The fourth-order valence-corrected chi connectivity index (χ4v) is 2.93. The van der Waals surface area contributed by atoms with Crippen molar-refractivity contribution in [2.75, 3.05) is 19.8 Å². The van der Waals surface area contributed by atoms with E-state index in [0.29, 0.717) is 30.5 Å². The lowest BCUT2D eigenvalue weighted by molar-refractivity contribution is 0.0999. The Morgan fingerprint density at radius 1 is 1.43 bits per heavy atom. The number of rotatable bonds is 7. The zero-order chi connectivity index (χ0) is 16.7. The smallest absolute Gasteiger partial charge is 0.315 e. The first-order valence-corrected chi connectivity index (χ1v) is 8.54. The Balaban J connectivity index is 1.85. The van der Waals surface area contributed by atoms with Crippen molar-refractivity contribution >= 4 is 17.6 Å². The number of carbonyl (C=O) groups is 1. The number of halogens is 1. The maximum atomic E-state index is 12.1. The van der Waals surface area contributed by atoms with E-state index in [1.54, 1.807) is 0 Å². The maximum absolute atomic E-state index is 12.1. The Kier molecular flexibility index (Phi) is 7.15. The summed E-state index contributed by atoms with van der Waals surface area (Å²) in [5, 5.41) is 15.6. The van der Waals surface area contributed by atoms with Gasteiger partial charge in [0.15, 0.2) is 0 Å². The Morgan fingerprint density at radius 2 is 2.17 bits per heavy atom. The van der Waals surface area contributed by atoms with Crippen LogP contribution in [0.5, 0.6) is 0 Å².